The topological polar surface area (TPSA) is 75.6 Å². The summed E-state index contributed by atoms with van der Waals surface area (Å²) >= 11 is 0. The summed E-state index contributed by atoms with van der Waals surface area (Å²) in [6.45, 7) is 2.50. The van der Waals surface area contributed by atoms with E-state index >= 15 is 0 Å². The van der Waals surface area contributed by atoms with Gasteiger partial charge in [-0.3, -0.25) is 4.79 Å². The first-order valence-electron chi connectivity index (χ1n) is 6.87. The zero-order valence-corrected chi connectivity index (χ0v) is 11.5. The van der Waals surface area contributed by atoms with E-state index in [0.717, 1.165) is 12.8 Å². The Morgan fingerprint density at radius 2 is 2.05 bits per heavy atom. The van der Waals surface area contributed by atoms with Gasteiger partial charge in [-0.15, -0.1) is 0 Å². The number of carboxylic acids is 1. The maximum Gasteiger partial charge on any atom is 0.329 e. The first-order chi connectivity index (χ1) is 9.59. The van der Waals surface area contributed by atoms with Crippen LogP contribution in [0, 0.1) is 0 Å². The van der Waals surface area contributed by atoms with Crippen molar-refractivity contribution in [3.05, 3.63) is 29.8 Å². The molecule has 2 N–H and O–H groups in total. The Bertz CT molecular complexity index is 508. The molecule has 0 aliphatic heterocycles. The lowest BCUT2D eigenvalue weighted by atomic mass is 9.76. The first kappa shape index (κ1) is 14.4. The average molecular weight is 277 g/mol. The highest BCUT2D eigenvalue weighted by Gasteiger charge is 2.46. The number of rotatable bonds is 6. The molecule has 0 aromatic heterocycles. The third-order valence-corrected chi connectivity index (χ3v) is 3.56. The maximum absolute atomic E-state index is 12.3. The van der Waals surface area contributed by atoms with E-state index in [1.54, 1.807) is 24.3 Å². The second-order valence-electron chi connectivity index (χ2n) is 5.04. The molecule has 5 heteroatoms. The number of amides is 1. The van der Waals surface area contributed by atoms with Crippen molar-refractivity contribution in [2.45, 2.75) is 38.1 Å². The monoisotopic (exact) mass is 277 g/mol. The molecule has 2 rings (SSSR count). The lowest BCUT2D eigenvalue weighted by molar-refractivity contribution is -0.148. The largest absolute Gasteiger partial charge is 0.493 e. The summed E-state index contributed by atoms with van der Waals surface area (Å²) in [7, 11) is 0. The van der Waals surface area contributed by atoms with Gasteiger partial charge in [0.25, 0.3) is 5.91 Å². The van der Waals surface area contributed by atoms with Gasteiger partial charge < -0.3 is 15.2 Å². The fourth-order valence-electron chi connectivity index (χ4n) is 2.20. The quantitative estimate of drug-likeness (QED) is 0.836. The second-order valence-corrected chi connectivity index (χ2v) is 5.04. The number of para-hydroxylation sites is 1. The van der Waals surface area contributed by atoms with E-state index in [1.165, 1.54) is 0 Å². The van der Waals surface area contributed by atoms with Crippen molar-refractivity contribution in [1.82, 2.24) is 5.32 Å². The van der Waals surface area contributed by atoms with Crippen LogP contribution in [0.3, 0.4) is 0 Å². The third-order valence-electron chi connectivity index (χ3n) is 3.56. The summed E-state index contributed by atoms with van der Waals surface area (Å²) in [5.74, 6) is -0.866. The molecule has 20 heavy (non-hydrogen) atoms. The number of carbonyl (C=O) groups is 2. The fourth-order valence-corrected chi connectivity index (χ4v) is 2.20. The molecule has 0 spiro atoms. The minimum atomic E-state index is -1.10. The fraction of sp³-hybridized carbons (Fsp3) is 0.467. The Morgan fingerprint density at radius 1 is 1.35 bits per heavy atom. The van der Waals surface area contributed by atoms with Crippen molar-refractivity contribution in [3.8, 4) is 5.75 Å². The van der Waals surface area contributed by atoms with Crippen LogP contribution in [-0.2, 0) is 4.79 Å². The van der Waals surface area contributed by atoms with Crippen LogP contribution in [0.15, 0.2) is 24.3 Å². The predicted octanol–water partition coefficient (Wildman–Crippen LogP) is 2.21. The van der Waals surface area contributed by atoms with Gasteiger partial charge >= 0.3 is 5.97 Å². The number of aliphatic carboxylic acids is 1. The van der Waals surface area contributed by atoms with Gasteiger partial charge in [0.15, 0.2) is 0 Å². The summed E-state index contributed by atoms with van der Waals surface area (Å²) in [6, 6.07) is 6.90. The number of hydrogen-bond acceptors (Lipinski definition) is 3. The number of carboxylic acid groups (broad SMARTS) is 1. The highest BCUT2D eigenvalue weighted by molar-refractivity contribution is 6.00. The molecule has 0 saturated heterocycles. The summed E-state index contributed by atoms with van der Waals surface area (Å²) in [5.41, 5.74) is -0.719. The van der Waals surface area contributed by atoms with Crippen LogP contribution >= 0.6 is 0 Å². The van der Waals surface area contributed by atoms with E-state index < -0.39 is 11.5 Å². The van der Waals surface area contributed by atoms with Crippen LogP contribution in [0.4, 0.5) is 0 Å². The molecular formula is C15H19NO4. The first-order valence-corrected chi connectivity index (χ1v) is 6.87. The summed E-state index contributed by atoms with van der Waals surface area (Å²) in [6.07, 6.45) is 2.62. The van der Waals surface area contributed by atoms with E-state index in [-0.39, 0.29) is 5.91 Å². The van der Waals surface area contributed by atoms with Crippen molar-refractivity contribution >= 4 is 11.9 Å². The van der Waals surface area contributed by atoms with E-state index in [2.05, 4.69) is 5.32 Å². The van der Waals surface area contributed by atoms with Crippen LogP contribution in [0.2, 0.25) is 0 Å². The Labute approximate surface area is 117 Å². The molecular weight excluding hydrogens is 258 g/mol. The smallest absolute Gasteiger partial charge is 0.329 e. The molecule has 1 aliphatic carbocycles. The van der Waals surface area contributed by atoms with E-state index in [0.29, 0.717) is 30.8 Å². The Kier molecular flexibility index (Phi) is 4.27. The van der Waals surface area contributed by atoms with Crippen molar-refractivity contribution in [2.75, 3.05) is 6.61 Å². The van der Waals surface area contributed by atoms with Crippen molar-refractivity contribution in [2.24, 2.45) is 0 Å². The molecule has 1 saturated carbocycles. The highest BCUT2D eigenvalue weighted by atomic mass is 16.5. The van der Waals surface area contributed by atoms with E-state index in [1.807, 2.05) is 6.92 Å². The molecule has 1 fully saturated rings. The lowest BCUT2D eigenvalue weighted by Gasteiger charge is -2.38. The van der Waals surface area contributed by atoms with Gasteiger partial charge in [-0.25, -0.2) is 4.79 Å². The standard InChI is InChI=1S/C15H19NO4/c1-2-10-20-12-7-4-3-6-11(12)13(17)16-15(14(18)19)8-5-9-15/h3-4,6-7H,2,5,8-10H2,1H3,(H,16,17)(H,18,19). The lowest BCUT2D eigenvalue weighted by Crippen LogP contribution is -2.59. The van der Waals surface area contributed by atoms with Gasteiger partial charge in [0, 0.05) is 0 Å². The van der Waals surface area contributed by atoms with Crippen LogP contribution in [0.5, 0.6) is 5.75 Å². The molecule has 1 aromatic carbocycles. The van der Waals surface area contributed by atoms with Gasteiger partial charge in [0.1, 0.15) is 11.3 Å². The predicted molar refractivity (Wildman–Crippen MR) is 73.9 cm³/mol. The molecule has 0 radical (unpaired) electrons. The van der Waals surface area contributed by atoms with Gasteiger partial charge in [-0.1, -0.05) is 19.1 Å². The molecule has 0 atom stereocenters. The minimum Gasteiger partial charge on any atom is -0.493 e. The molecule has 1 aliphatic rings. The summed E-state index contributed by atoms with van der Waals surface area (Å²) in [4.78, 5) is 23.6. The third kappa shape index (κ3) is 2.76. The summed E-state index contributed by atoms with van der Waals surface area (Å²) in [5, 5.41) is 11.9. The normalized spacial score (nSPS) is 16.1. The van der Waals surface area contributed by atoms with Gasteiger partial charge in [0.05, 0.1) is 12.2 Å². The number of hydrogen-bond donors (Lipinski definition) is 2. The number of benzene rings is 1. The molecule has 1 amide bonds. The molecule has 1 aromatic rings. The van der Waals surface area contributed by atoms with E-state index in [4.69, 9.17) is 4.74 Å². The van der Waals surface area contributed by atoms with Gasteiger partial charge in [-0.05, 0) is 37.8 Å². The van der Waals surface area contributed by atoms with Crippen molar-refractivity contribution in [1.29, 1.82) is 0 Å². The summed E-state index contributed by atoms with van der Waals surface area (Å²) < 4.78 is 5.53. The zero-order valence-electron chi connectivity index (χ0n) is 11.5. The van der Waals surface area contributed by atoms with Crippen molar-refractivity contribution in [3.63, 3.8) is 0 Å². The number of ether oxygens (including phenoxy) is 1. The average Bonchev–Trinajstić information content (AvgIpc) is 2.40. The zero-order chi connectivity index (χ0) is 14.6. The molecule has 5 nitrogen and oxygen atoms in total. The molecule has 0 heterocycles. The Hall–Kier alpha value is -2.04. The van der Waals surface area contributed by atoms with E-state index in [9.17, 15) is 14.7 Å². The minimum absolute atomic E-state index is 0.383. The highest BCUT2D eigenvalue weighted by Crippen LogP contribution is 2.33. The van der Waals surface area contributed by atoms with Crippen LogP contribution in [0.25, 0.3) is 0 Å². The van der Waals surface area contributed by atoms with Crippen molar-refractivity contribution < 1.29 is 19.4 Å². The number of nitrogens with one attached hydrogen (secondary N) is 1. The van der Waals surface area contributed by atoms with Crippen LogP contribution in [0.1, 0.15) is 43.0 Å². The maximum atomic E-state index is 12.3. The number of carbonyl (C=O) groups excluding carboxylic acids is 1. The van der Waals surface area contributed by atoms with Gasteiger partial charge in [0.2, 0.25) is 0 Å². The molecule has 108 valence electrons. The Balaban J connectivity index is 2.15. The SMILES string of the molecule is CCCOc1ccccc1C(=O)NC1(C(=O)O)CCC1. The van der Waals surface area contributed by atoms with Gasteiger partial charge in [-0.2, -0.15) is 0 Å². The second kappa shape index (κ2) is 5.94. The Morgan fingerprint density at radius 3 is 2.60 bits per heavy atom. The molecule has 0 unspecified atom stereocenters. The molecule has 0 bridgehead atoms. The van der Waals surface area contributed by atoms with Crippen LogP contribution < -0.4 is 10.1 Å². The van der Waals surface area contributed by atoms with Crippen LogP contribution in [-0.4, -0.2) is 29.1 Å².